The molecule has 0 aliphatic carbocycles. The molecule has 1 aliphatic rings. The summed E-state index contributed by atoms with van der Waals surface area (Å²) >= 11 is 0. The zero-order valence-electron chi connectivity index (χ0n) is 10.9. The maximum atomic E-state index is 5.66. The van der Waals surface area contributed by atoms with Gasteiger partial charge in [0.1, 0.15) is 18.1 Å². The van der Waals surface area contributed by atoms with Crippen molar-refractivity contribution >= 4 is 0 Å². The first-order valence-corrected chi connectivity index (χ1v) is 6.40. The van der Waals surface area contributed by atoms with Crippen LogP contribution in [0.1, 0.15) is 5.69 Å². The number of furan rings is 1. The van der Waals surface area contributed by atoms with E-state index in [0.717, 1.165) is 5.75 Å². The van der Waals surface area contributed by atoms with Crippen LogP contribution in [-0.2, 0) is 6.61 Å². The second-order valence-electron chi connectivity index (χ2n) is 4.46. The fraction of sp³-hybridized carbons (Fsp3) is 0.133. The Bertz CT molecular complexity index is 747. The molecular formula is C15H11NO5. The maximum Gasteiger partial charge on any atom is 0.231 e. The number of hydrogen-bond acceptors (Lipinski definition) is 6. The monoisotopic (exact) mass is 285 g/mol. The average Bonchev–Trinajstić information content (AvgIpc) is 3.24. The van der Waals surface area contributed by atoms with E-state index in [-0.39, 0.29) is 6.79 Å². The zero-order chi connectivity index (χ0) is 14.1. The van der Waals surface area contributed by atoms with Crippen LogP contribution in [0, 0.1) is 0 Å². The van der Waals surface area contributed by atoms with Crippen LogP contribution < -0.4 is 14.2 Å². The van der Waals surface area contributed by atoms with Crippen LogP contribution in [0.15, 0.2) is 51.6 Å². The number of aromatic nitrogens is 1. The van der Waals surface area contributed by atoms with Gasteiger partial charge in [0.05, 0.1) is 6.26 Å². The lowest BCUT2D eigenvalue weighted by Crippen LogP contribution is -1.95. The summed E-state index contributed by atoms with van der Waals surface area (Å²) in [6.45, 7) is 0.540. The van der Waals surface area contributed by atoms with Crippen LogP contribution in [0.3, 0.4) is 0 Å². The molecule has 0 atom stereocenters. The molecule has 1 aliphatic heterocycles. The summed E-state index contributed by atoms with van der Waals surface area (Å²) in [5.41, 5.74) is 0.680. The van der Waals surface area contributed by atoms with Gasteiger partial charge in [-0.05, 0) is 24.3 Å². The third-order valence-corrected chi connectivity index (χ3v) is 3.05. The Labute approximate surface area is 119 Å². The van der Waals surface area contributed by atoms with Gasteiger partial charge in [-0.15, -0.1) is 0 Å². The molecule has 1 aromatic carbocycles. The van der Waals surface area contributed by atoms with Crippen LogP contribution in [0.5, 0.6) is 17.2 Å². The van der Waals surface area contributed by atoms with E-state index < -0.39 is 0 Å². The Morgan fingerprint density at radius 1 is 1.05 bits per heavy atom. The highest BCUT2D eigenvalue weighted by Gasteiger charge is 2.14. The minimum absolute atomic E-state index is 0.245. The molecule has 2 aromatic heterocycles. The molecule has 6 nitrogen and oxygen atoms in total. The molecule has 0 N–H and O–H groups in total. The van der Waals surface area contributed by atoms with Crippen molar-refractivity contribution in [3.63, 3.8) is 0 Å². The Morgan fingerprint density at radius 3 is 2.90 bits per heavy atom. The second kappa shape index (κ2) is 4.90. The van der Waals surface area contributed by atoms with Crippen LogP contribution >= 0.6 is 0 Å². The number of ether oxygens (including phenoxy) is 3. The highest BCUT2D eigenvalue weighted by atomic mass is 16.7. The molecule has 0 bridgehead atoms. The molecule has 3 aromatic rings. The van der Waals surface area contributed by atoms with E-state index >= 15 is 0 Å². The normalized spacial score (nSPS) is 12.6. The van der Waals surface area contributed by atoms with Crippen molar-refractivity contribution in [1.82, 2.24) is 5.16 Å². The first kappa shape index (κ1) is 11.9. The lowest BCUT2D eigenvalue weighted by Gasteiger charge is -2.04. The number of fused-ring (bicyclic) bond motifs is 1. The van der Waals surface area contributed by atoms with E-state index in [2.05, 4.69) is 5.16 Å². The molecular weight excluding hydrogens is 274 g/mol. The van der Waals surface area contributed by atoms with Gasteiger partial charge in [-0.25, -0.2) is 0 Å². The molecule has 0 saturated heterocycles. The quantitative estimate of drug-likeness (QED) is 0.733. The van der Waals surface area contributed by atoms with Crippen LogP contribution in [-0.4, -0.2) is 11.9 Å². The number of rotatable bonds is 4. The van der Waals surface area contributed by atoms with Gasteiger partial charge in [-0.3, -0.25) is 0 Å². The fourth-order valence-electron chi connectivity index (χ4n) is 2.04. The highest BCUT2D eigenvalue weighted by Crippen LogP contribution is 2.35. The summed E-state index contributed by atoms with van der Waals surface area (Å²) in [6, 6.07) is 10.8. The van der Waals surface area contributed by atoms with Gasteiger partial charge in [-0.2, -0.15) is 0 Å². The molecule has 0 amide bonds. The van der Waals surface area contributed by atoms with Crippen molar-refractivity contribution in [3.8, 4) is 28.8 Å². The van der Waals surface area contributed by atoms with E-state index in [1.165, 1.54) is 0 Å². The lowest BCUT2D eigenvalue weighted by atomic mass is 10.3. The molecule has 4 rings (SSSR count). The van der Waals surface area contributed by atoms with Gasteiger partial charge in [-0.1, -0.05) is 5.16 Å². The van der Waals surface area contributed by atoms with Gasteiger partial charge >= 0.3 is 0 Å². The second-order valence-corrected chi connectivity index (χ2v) is 4.46. The summed E-state index contributed by atoms with van der Waals surface area (Å²) in [5, 5.41) is 3.94. The molecule has 0 spiro atoms. The summed E-state index contributed by atoms with van der Waals surface area (Å²) in [4.78, 5) is 0. The van der Waals surface area contributed by atoms with E-state index in [0.29, 0.717) is 35.3 Å². The molecule has 0 radical (unpaired) electrons. The van der Waals surface area contributed by atoms with Crippen LogP contribution in [0.4, 0.5) is 0 Å². The van der Waals surface area contributed by atoms with Crippen molar-refractivity contribution in [2.45, 2.75) is 6.61 Å². The fourth-order valence-corrected chi connectivity index (χ4v) is 2.04. The van der Waals surface area contributed by atoms with Gasteiger partial charge in [0.15, 0.2) is 17.3 Å². The zero-order valence-corrected chi connectivity index (χ0v) is 10.9. The predicted octanol–water partition coefficient (Wildman–Crippen LogP) is 3.24. The molecule has 21 heavy (non-hydrogen) atoms. The summed E-state index contributed by atoms with van der Waals surface area (Å²) in [5.74, 6) is 3.30. The van der Waals surface area contributed by atoms with Gasteiger partial charge in [0, 0.05) is 12.1 Å². The topological polar surface area (TPSA) is 66.9 Å². The average molecular weight is 285 g/mol. The van der Waals surface area contributed by atoms with E-state index in [4.69, 9.17) is 23.2 Å². The lowest BCUT2D eigenvalue weighted by molar-refractivity contribution is 0.173. The third kappa shape index (κ3) is 2.31. The maximum absolute atomic E-state index is 5.66. The van der Waals surface area contributed by atoms with Crippen molar-refractivity contribution in [1.29, 1.82) is 0 Å². The smallest absolute Gasteiger partial charge is 0.231 e. The van der Waals surface area contributed by atoms with Crippen molar-refractivity contribution in [3.05, 3.63) is 48.4 Å². The number of hydrogen-bond donors (Lipinski definition) is 0. The Balaban J connectivity index is 1.45. The minimum atomic E-state index is 0.245. The van der Waals surface area contributed by atoms with Gasteiger partial charge in [0.2, 0.25) is 12.6 Å². The highest BCUT2D eigenvalue weighted by molar-refractivity contribution is 5.49. The number of nitrogens with zero attached hydrogens (tertiary/aromatic N) is 1. The number of benzene rings is 1. The molecule has 106 valence electrons. The van der Waals surface area contributed by atoms with Gasteiger partial charge in [0.25, 0.3) is 0 Å². The van der Waals surface area contributed by atoms with Crippen LogP contribution in [0.25, 0.3) is 11.5 Å². The van der Waals surface area contributed by atoms with E-state index in [1.807, 2.05) is 18.2 Å². The van der Waals surface area contributed by atoms with Crippen molar-refractivity contribution < 1.29 is 23.2 Å². The molecule has 0 fully saturated rings. The standard InChI is InChI=1S/C15H11NO5/c1-2-12(17-5-1)15-6-10(16-21-15)8-18-11-3-4-13-14(7-11)20-9-19-13/h1-7H,8-9H2. The molecule has 3 heterocycles. The third-order valence-electron chi connectivity index (χ3n) is 3.05. The largest absolute Gasteiger partial charge is 0.487 e. The molecule has 0 unspecified atom stereocenters. The Hall–Kier alpha value is -2.89. The summed E-state index contributed by atoms with van der Waals surface area (Å²) in [7, 11) is 0. The minimum Gasteiger partial charge on any atom is -0.487 e. The summed E-state index contributed by atoms with van der Waals surface area (Å²) in [6.07, 6.45) is 1.58. The Morgan fingerprint density at radius 2 is 2.00 bits per heavy atom. The van der Waals surface area contributed by atoms with Crippen molar-refractivity contribution in [2.75, 3.05) is 6.79 Å². The van der Waals surface area contributed by atoms with Crippen LogP contribution in [0.2, 0.25) is 0 Å². The first-order valence-electron chi connectivity index (χ1n) is 6.40. The van der Waals surface area contributed by atoms with Gasteiger partial charge < -0.3 is 23.2 Å². The first-order chi connectivity index (χ1) is 10.4. The molecule has 6 heteroatoms. The molecule has 0 saturated carbocycles. The summed E-state index contributed by atoms with van der Waals surface area (Å²) < 4.78 is 26.6. The van der Waals surface area contributed by atoms with E-state index in [9.17, 15) is 0 Å². The van der Waals surface area contributed by atoms with E-state index in [1.54, 1.807) is 24.5 Å². The van der Waals surface area contributed by atoms with Crippen molar-refractivity contribution in [2.24, 2.45) is 0 Å². The Kier molecular flexibility index (Phi) is 2.77. The SMILES string of the molecule is c1coc(-c2cc(COc3ccc4c(c3)OCO4)no2)c1. The predicted molar refractivity (Wildman–Crippen MR) is 71.1 cm³/mol.